The topological polar surface area (TPSA) is 69.3 Å². The van der Waals surface area contributed by atoms with Gasteiger partial charge in [-0.25, -0.2) is 9.97 Å². The van der Waals surface area contributed by atoms with Crippen LogP contribution < -0.4 is 0 Å². The van der Waals surface area contributed by atoms with Crippen molar-refractivity contribution in [3.63, 3.8) is 0 Å². The van der Waals surface area contributed by atoms with E-state index >= 15 is 0 Å². The van der Waals surface area contributed by atoms with Crippen molar-refractivity contribution in [3.8, 4) is 51.5 Å². The number of nitrogens with zero attached hydrogens (tertiary/aromatic N) is 7. The number of benzene rings is 13. The van der Waals surface area contributed by atoms with Crippen LogP contribution in [0.15, 0.2) is 273 Å². The van der Waals surface area contributed by atoms with Gasteiger partial charge < -0.3 is 18.3 Å². The Balaban J connectivity index is 0.935. The maximum atomic E-state index is 10.3. The summed E-state index contributed by atoms with van der Waals surface area (Å²) < 4.78 is 9.69. The quantitative estimate of drug-likeness (QED) is 0.156. The summed E-state index contributed by atoms with van der Waals surface area (Å²) in [5.41, 5.74) is 17.3. The van der Waals surface area contributed by atoms with Gasteiger partial charge in [-0.3, -0.25) is 0 Å². The number of rotatable bonds is 6. The first kappa shape index (κ1) is 46.2. The molecule has 0 aliphatic carbocycles. The fourth-order valence-corrected chi connectivity index (χ4v) is 13.9. The van der Waals surface area contributed by atoms with E-state index in [0.29, 0.717) is 11.4 Å². The van der Waals surface area contributed by atoms with Crippen molar-refractivity contribution < 1.29 is 0 Å². The van der Waals surface area contributed by atoms with Gasteiger partial charge in [0.1, 0.15) is 0 Å². The number of hydrogen-bond donors (Lipinski definition) is 0. The molecule has 0 saturated carbocycles. The summed E-state index contributed by atoms with van der Waals surface area (Å²) in [5, 5.41) is 24.7. The molecule has 0 bridgehead atoms. The van der Waals surface area contributed by atoms with Crippen LogP contribution in [0, 0.1) is 11.3 Å². The van der Waals surface area contributed by atoms with E-state index in [0.717, 1.165) is 116 Å². The lowest BCUT2D eigenvalue weighted by Crippen LogP contribution is -2.02. The second kappa shape index (κ2) is 17.7. The minimum Gasteiger partial charge on any atom is -0.309 e. The first-order valence-corrected chi connectivity index (χ1v) is 28.4. The summed E-state index contributed by atoms with van der Waals surface area (Å²) in [7, 11) is 0. The van der Waals surface area contributed by atoms with Crippen LogP contribution in [0.2, 0.25) is 0 Å². The molecule has 5 heterocycles. The van der Waals surface area contributed by atoms with Gasteiger partial charge in [0.05, 0.1) is 67.0 Å². The Kier molecular flexibility index (Phi) is 9.73. The SMILES string of the molecule is N#Cc1ccc(-c2nc(-c3cc(-n4c5ccccc5c5cc(-n6c7ccccc7c7ccccc76)ccc54)cc(-n4c5ccccc5c5cc(-n6c7ccccc7c7ccccc76)ccc54)c3)c3ccc4ccccc4c3n2)c2ccccc12. The van der Waals surface area contributed by atoms with E-state index in [1.807, 2.05) is 30.3 Å². The van der Waals surface area contributed by atoms with Gasteiger partial charge in [0.25, 0.3) is 0 Å². The van der Waals surface area contributed by atoms with Gasteiger partial charge in [0, 0.05) is 93.1 Å². The molecule has 388 valence electrons. The van der Waals surface area contributed by atoms with Crippen LogP contribution in [0.4, 0.5) is 0 Å². The molecule has 0 amide bonds. The van der Waals surface area contributed by atoms with Crippen LogP contribution in [0.25, 0.3) is 165 Å². The summed E-state index contributed by atoms with van der Waals surface area (Å²) in [5.74, 6) is 0.588. The van der Waals surface area contributed by atoms with E-state index in [-0.39, 0.29) is 0 Å². The summed E-state index contributed by atoms with van der Waals surface area (Å²) in [4.78, 5) is 11.2. The zero-order valence-corrected chi connectivity index (χ0v) is 45.1. The zero-order chi connectivity index (χ0) is 55.1. The minimum atomic E-state index is 0.588. The maximum absolute atomic E-state index is 10.3. The highest BCUT2D eigenvalue weighted by molar-refractivity contribution is 6.16. The molecular weight excluding hydrogens is 1020 g/mol. The average Bonchev–Trinajstić information content (AvgIpc) is 2.02. The van der Waals surface area contributed by atoms with E-state index in [1.165, 1.54) is 43.6 Å². The highest BCUT2D eigenvalue weighted by atomic mass is 15.0. The number of aromatic nitrogens is 6. The monoisotopic (exact) mass is 1070 g/mol. The van der Waals surface area contributed by atoms with E-state index < -0.39 is 0 Å². The van der Waals surface area contributed by atoms with Crippen molar-refractivity contribution in [2.45, 2.75) is 0 Å². The summed E-state index contributed by atoms with van der Waals surface area (Å²) >= 11 is 0. The molecule has 0 unspecified atom stereocenters. The van der Waals surface area contributed by atoms with Crippen molar-refractivity contribution in [2.75, 3.05) is 0 Å². The Morgan fingerprint density at radius 1 is 0.274 bits per heavy atom. The molecule has 0 aliphatic rings. The predicted molar refractivity (Wildman–Crippen MR) is 347 cm³/mol. The van der Waals surface area contributed by atoms with Crippen LogP contribution in [0.5, 0.6) is 0 Å². The van der Waals surface area contributed by atoms with Crippen molar-refractivity contribution in [2.24, 2.45) is 0 Å². The number of nitriles is 1. The summed E-state index contributed by atoms with van der Waals surface area (Å²) in [6.07, 6.45) is 0. The molecule has 0 N–H and O–H groups in total. The van der Waals surface area contributed by atoms with Crippen molar-refractivity contribution in [1.82, 2.24) is 28.2 Å². The molecule has 18 rings (SSSR count). The van der Waals surface area contributed by atoms with Gasteiger partial charge in [-0.05, 0) is 120 Å². The first-order valence-electron chi connectivity index (χ1n) is 28.4. The fourth-order valence-electron chi connectivity index (χ4n) is 13.9. The normalized spacial score (nSPS) is 12.0. The van der Waals surface area contributed by atoms with Gasteiger partial charge in [0.2, 0.25) is 0 Å². The van der Waals surface area contributed by atoms with Crippen LogP contribution in [-0.2, 0) is 0 Å². The standard InChI is InChI=1S/C77H45N7/c78-46-48-34-37-63(56-20-4-3-18-54(48)56)77-79-75(64-38-33-47-17-1-2-19-55(47)76(64)80-77)49-41-52(83-71-31-15-9-25-61(71)65-44-50(35-39-73(65)83)81-67-27-11-5-21-57(67)58-22-6-12-28-68(58)81)43-53(42-49)84-72-32-16-10-26-62(72)66-45-51(36-40-74(66)84)82-69-29-13-7-23-59(69)60-24-8-14-30-70(60)82/h1-45H. The number of fused-ring (bicyclic) bond motifs is 16. The van der Waals surface area contributed by atoms with Gasteiger partial charge in [-0.15, -0.1) is 0 Å². The van der Waals surface area contributed by atoms with Crippen LogP contribution in [0.1, 0.15) is 5.56 Å². The van der Waals surface area contributed by atoms with E-state index in [4.69, 9.17) is 9.97 Å². The molecule has 0 saturated heterocycles. The molecule has 0 atom stereocenters. The summed E-state index contributed by atoms with van der Waals surface area (Å²) in [6.45, 7) is 0. The Labute approximate surface area is 480 Å². The van der Waals surface area contributed by atoms with Crippen LogP contribution >= 0.6 is 0 Å². The third-order valence-corrected chi connectivity index (χ3v) is 17.6. The van der Waals surface area contributed by atoms with Crippen molar-refractivity contribution in [1.29, 1.82) is 5.26 Å². The molecule has 0 aliphatic heterocycles. The molecule has 5 aromatic heterocycles. The molecule has 0 fully saturated rings. The Morgan fingerprint density at radius 3 is 1.14 bits per heavy atom. The Morgan fingerprint density at radius 2 is 0.667 bits per heavy atom. The Hall–Kier alpha value is -11.6. The van der Waals surface area contributed by atoms with Gasteiger partial charge in [-0.1, -0.05) is 164 Å². The molecule has 0 spiro atoms. The van der Waals surface area contributed by atoms with Crippen molar-refractivity contribution in [3.05, 3.63) is 279 Å². The van der Waals surface area contributed by atoms with Crippen LogP contribution in [-0.4, -0.2) is 28.2 Å². The molecule has 84 heavy (non-hydrogen) atoms. The Bertz CT molecular complexity index is 5550. The largest absolute Gasteiger partial charge is 0.309 e. The van der Waals surface area contributed by atoms with E-state index in [2.05, 4.69) is 267 Å². The van der Waals surface area contributed by atoms with Crippen molar-refractivity contribution >= 4 is 120 Å². The van der Waals surface area contributed by atoms with Gasteiger partial charge in [-0.2, -0.15) is 5.26 Å². The predicted octanol–water partition coefficient (Wildman–Crippen LogP) is 19.5. The molecule has 0 radical (unpaired) electrons. The second-order valence-corrected chi connectivity index (χ2v) is 22.0. The fraction of sp³-hybridized carbons (Fsp3) is 0. The second-order valence-electron chi connectivity index (χ2n) is 22.0. The maximum Gasteiger partial charge on any atom is 0.161 e. The van der Waals surface area contributed by atoms with E-state index in [9.17, 15) is 5.26 Å². The molecule has 13 aromatic carbocycles. The lowest BCUT2D eigenvalue weighted by molar-refractivity contribution is 1.13. The number of hydrogen-bond acceptors (Lipinski definition) is 3. The van der Waals surface area contributed by atoms with Crippen LogP contribution in [0.3, 0.4) is 0 Å². The zero-order valence-electron chi connectivity index (χ0n) is 45.1. The van der Waals surface area contributed by atoms with Gasteiger partial charge >= 0.3 is 0 Å². The first-order chi connectivity index (χ1) is 41.6. The number of para-hydroxylation sites is 6. The molecule has 7 nitrogen and oxygen atoms in total. The molecule has 18 aromatic rings. The highest BCUT2D eigenvalue weighted by Crippen LogP contribution is 2.43. The van der Waals surface area contributed by atoms with E-state index in [1.54, 1.807) is 0 Å². The average molecular weight is 1070 g/mol. The third kappa shape index (κ3) is 6.62. The van der Waals surface area contributed by atoms with Gasteiger partial charge in [0.15, 0.2) is 5.82 Å². The summed E-state index contributed by atoms with van der Waals surface area (Å²) in [6, 6.07) is 101. The highest BCUT2D eigenvalue weighted by Gasteiger charge is 2.23. The minimum absolute atomic E-state index is 0.588. The third-order valence-electron chi connectivity index (χ3n) is 17.6. The lowest BCUT2D eigenvalue weighted by Gasteiger charge is -2.18. The smallest absolute Gasteiger partial charge is 0.161 e. The molecular formula is C77H45N7. The lowest BCUT2D eigenvalue weighted by atomic mass is 9.98. The molecule has 7 heteroatoms.